The van der Waals surface area contributed by atoms with Crippen LogP contribution >= 0.6 is 0 Å². The van der Waals surface area contributed by atoms with Gasteiger partial charge in [-0.05, 0) is 53.3 Å². The zero-order valence-electron chi connectivity index (χ0n) is 21.2. The van der Waals surface area contributed by atoms with Gasteiger partial charge in [0.2, 0.25) is 5.91 Å². The van der Waals surface area contributed by atoms with Crippen molar-refractivity contribution in [3.63, 3.8) is 0 Å². The molecule has 1 amide bonds. The monoisotopic (exact) mass is 487 g/mol. The largest absolute Gasteiger partial charge is 0.496 e. The highest BCUT2D eigenvalue weighted by Gasteiger charge is 2.15. The summed E-state index contributed by atoms with van der Waals surface area (Å²) in [6.45, 7) is 3.99. The Morgan fingerprint density at radius 2 is 1.57 bits per heavy atom. The molecule has 0 bridgehead atoms. The highest BCUT2D eigenvalue weighted by atomic mass is 16.5. The van der Waals surface area contributed by atoms with Crippen molar-refractivity contribution < 1.29 is 13.9 Å². The van der Waals surface area contributed by atoms with Crippen molar-refractivity contribution in [3.05, 3.63) is 114 Å². The first-order valence-electron chi connectivity index (χ1n) is 12.4. The molecule has 0 aliphatic heterocycles. The van der Waals surface area contributed by atoms with E-state index in [-0.39, 0.29) is 5.91 Å². The SMILES string of the molecule is CCc1ccccc1NC(=O)/C=C(\C)c1cc2c(-c3ccc(-c4ccccc4)cc3)coc2cc1OC. The summed E-state index contributed by atoms with van der Waals surface area (Å²) in [6, 6.07) is 30.5. The number of carbonyl (C=O) groups is 1. The molecule has 1 N–H and O–H groups in total. The van der Waals surface area contributed by atoms with Gasteiger partial charge in [-0.2, -0.15) is 0 Å². The molecule has 4 nitrogen and oxygen atoms in total. The molecule has 184 valence electrons. The van der Waals surface area contributed by atoms with Crippen LogP contribution in [-0.2, 0) is 11.2 Å². The summed E-state index contributed by atoms with van der Waals surface area (Å²) >= 11 is 0. The molecule has 37 heavy (non-hydrogen) atoms. The van der Waals surface area contributed by atoms with Gasteiger partial charge in [0.25, 0.3) is 0 Å². The Morgan fingerprint density at radius 3 is 2.30 bits per heavy atom. The fourth-order valence-electron chi connectivity index (χ4n) is 4.62. The Morgan fingerprint density at radius 1 is 0.892 bits per heavy atom. The van der Waals surface area contributed by atoms with E-state index in [1.54, 1.807) is 19.4 Å². The molecule has 5 rings (SSSR count). The van der Waals surface area contributed by atoms with Crippen LogP contribution in [0.2, 0.25) is 0 Å². The van der Waals surface area contributed by atoms with Gasteiger partial charge in [-0.3, -0.25) is 4.79 Å². The first-order chi connectivity index (χ1) is 18.1. The van der Waals surface area contributed by atoms with E-state index in [0.29, 0.717) is 5.75 Å². The predicted octanol–water partition coefficient (Wildman–Crippen LogP) is 8.38. The standard InChI is InChI=1S/C33H29NO3/c1-4-23-10-8-9-13-30(23)34-33(35)18-22(2)27-19-28-29(21-37-32(28)20-31(27)36-3)26-16-14-25(15-17-26)24-11-6-5-7-12-24/h5-21H,4H2,1-3H3,(H,34,35)/b22-18+. The van der Waals surface area contributed by atoms with E-state index in [1.165, 1.54) is 5.56 Å². The molecule has 4 heteroatoms. The molecule has 0 saturated carbocycles. The van der Waals surface area contributed by atoms with Crippen LogP contribution in [-0.4, -0.2) is 13.0 Å². The number of nitrogens with one attached hydrogen (secondary N) is 1. The summed E-state index contributed by atoms with van der Waals surface area (Å²) in [5.41, 5.74) is 8.70. The normalized spacial score (nSPS) is 11.5. The zero-order valence-corrected chi connectivity index (χ0v) is 21.2. The van der Waals surface area contributed by atoms with Crippen molar-refractivity contribution in [1.29, 1.82) is 0 Å². The molecule has 0 aliphatic rings. The van der Waals surface area contributed by atoms with Crippen LogP contribution in [0.1, 0.15) is 25.0 Å². The molecular formula is C33H29NO3. The first kappa shape index (κ1) is 24.1. The van der Waals surface area contributed by atoms with Gasteiger partial charge in [-0.25, -0.2) is 0 Å². The van der Waals surface area contributed by atoms with Crippen LogP contribution in [0, 0.1) is 0 Å². The third-order valence-electron chi connectivity index (χ3n) is 6.63. The van der Waals surface area contributed by atoms with E-state index < -0.39 is 0 Å². The van der Waals surface area contributed by atoms with Gasteiger partial charge >= 0.3 is 0 Å². The fraction of sp³-hybridized carbons (Fsp3) is 0.121. The van der Waals surface area contributed by atoms with Gasteiger partial charge < -0.3 is 14.5 Å². The highest BCUT2D eigenvalue weighted by molar-refractivity contribution is 6.05. The zero-order chi connectivity index (χ0) is 25.8. The van der Waals surface area contributed by atoms with Gasteiger partial charge in [-0.1, -0.05) is 79.7 Å². The number of furan rings is 1. The smallest absolute Gasteiger partial charge is 0.248 e. The highest BCUT2D eigenvalue weighted by Crippen LogP contribution is 2.38. The second kappa shape index (κ2) is 10.6. The van der Waals surface area contributed by atoms with Gasteiger partial charge in [0.1, 0.15) is 11.3 Å². The summed E-state index contributed by atoms with van der Waals surface area (Å²) < 4.78 is 11.6. The molecule has 0 radical (unpaired) electrons. The number of carbonyl (C=O) groups excluding carboxylic acids is 1. The van der Waals surface area contributed by atoms with Crippen LogP contribution in [0.5, 0.6) is 5.75 Å². The van der Waals surface area contributed by atoms with Crippen molar-refractivity contribution in [2.75, 3.05) is 12.4 Å². The van der Waals surface area contributed by atoms with Crippen molar-refractivity contribution in [2.24, 2.45) is 0 Å². The number of para-hydroxylation sites is 1. The quantitative estimate of drug-likeness (QED) is 0.235. The van der Waals surface area contributed by atoms with Crippen LogP contribution in [0.4, 0.5) is 5.69 Å². The molecule has 4 aromatic carbocycles. The third-order valence-corrected chi connectivity index (χ3v) is 6.63. The summed E-state index contributed by atoms with van der Waals surface area (Å²) in [4.78, 5) is 12.9. The van der Waals surface area contributed by atoms with Crippen LogP contribution < -0.4 is 10.1 Å². The number of amides is 1. The Hall–Kier alpha value is -4.57. The van der Waals surface area contributed by atoms with E-state index in [0.717, 1.165) is 56.5 Å². The van der Waals surface area contributed by atoms with Crippen LogP contribution in [0.25, 0.3) is 38.8 Å². The minimum absolute atomic E-state index is 0.176. The molecule has 0 saturated heterocycles. The van der Waals surface area contributed by atoms with Crippen LogP contribution in [0.15, 0.2) is 108 Å². The summed E-state index contributed by atoms with van der Waals surface area (Å²) in [5.74, 6) is 0.479. The molecule has 5 aromatic rings. The number of aryl methyl sites for hydroxylation is 1. The number of hydrogen-bond acceptors (Lipinski definition) is 3. The summed E-state index contributed by atoms with van der Waals surface area (Å²) in [7, 11) is 1.63. The summed E-state index contributed by atoms with van der Waals surface area (Å²) in [5, 5.41) is 3.98. The van der Waals surface area contributed by atoms with E-state index in [9.17, 15) is 4.79 Å². The average molecular weight is 488 g/mol. The van der Waals surface area contributed by atoms with Crippen molar-refractivity contribution in [1.82, 2.24) is 0 Å². The van der Waals surface area contributed by atoms with Crippen molar-refractivity contribution >= 4 is 28.1 Å². The van der Waals surface area contributed by atoms with Gasteiger partial charge in [0, 0.05) is 34.3 Å². The number of benzene rings is 4. The second-order valence-corrected chi connectivity index (χ2v) is 8.97. The molecule has 0 spiro atoms. The number of anilines is 1. The maximum Gasteiger partial charge on any atom is 0.248 e. The lowest BCUT2D eigenvalue weighted by atomic mass is 9.97. The van der Waals surface area contributed by atoms with E-state index in [4.69, 9.17) is 9.15 Å². The van der Waals surface area contributed by atoms with Crippen LogP contribution in [0.3, 0.4) is 0 Å². The number of methoxy groups -OCH3 is 1. The molecular weight excluding hydrogens is 458 g/mol. The Labute approximate surface area is 217 Å². The van der Waals surface area contributed by atoms with Gasteiger partial charge in [0.05, 0.1) is 13.4 Å². The van der Waals surface area contributed by atoms with Crippen molar-refractivity contribution in [3.8, 4) is 28.0 Å². The second-order valence-electron chi connectivity index (χ2n) is 8.97. The lowest BCUT2D eigenvalue weighted by molar-refractivity contribution is -0.111. The molecule has 1 heterocycles. The predicted molar refractivity (Wildman–Crippen MR) is 152 cm³/mol. The lowest BCUT2D eigenvalue weighted by Crippen LogP contribution is -2.10. The maximum atomic E-state index is 12.9. The Bertz CT molecular complexity index is 1580. The van der Waals surface area contributed by atoms with E-state index >= 15 is 0 Å². The maximum absolute atomic E-state index is 12.9. The van der Waals surface area contributed by atoms with Crippen molar-refractivity contribution in [2.45, 2.75) is 20.3 Å². The van der Waals surface area contributed by atoms with E-state index in [2.05, 4.69) is 48.6 Å². The molecule has 1 aromatic heterocycles. The number of rotatable bonds is 7. The molecule has 0 atom stereocenters. The molecule has 0 unspecified atom stereocenters. The minimum Gasteiger partial charge on any atom is -0.496 e. The Kier molecular flexibility index (Phi) is 6.91. The van der Waals surface area contributed by atoms with Gasteiger partial charge in [-0.15, -0.1) is 0 Å². The number of hydrogen-bond donors (Lipinski definition) is 1. The summed E-state index contributed by atoms with van der Waals surface area (Å²) in [6.07, 6.45) is 4.24. The minimum atomic E-state index is -0.176. The number of allylic oxidation sites excluding steroid dienone is 1. The fourth-order valence-corrected chi connectivity index (χ4v) is 4.62. The molecule has 0 aliphatic carbocycles. The molecule has 0 fully saturated rings. The Balaban J connectivity index is 1.47. The van der Waals surface area contributed by atoms with Gasteiger partial charge in [0.15, 0.2) is 0 Å². The van der Waals surface area contributed by atoms with E-state index in [1.807, 2.05) is 61.5 Å². The average Bonchev–Trinajstić information content (AvgIpc) is 3.36. The topological polar surface area (TPSA) is 51.5 Å². The first-order valence-corrected chi connectivity index (χ1v) is 12.4. The third kappa shape index (κ3) is 5.05. The number of fused-ring (bicyclic) bond motifs is 1. The lowest BCUT2D eigenvalue weighted by Gasteiger charge is -2.11. The number of ether oxygens (including phenoxy) is 1.